The van der Waals surface area contributed by atoms with Gasteiger partial charge in [0.05, 0.1) is 16.9 Å². The van der Waals surface area contributed by atoms with E-state index in [2.05, 4.69) is 10.2 Å². The lowest BCUT2D eigenvalue weighted by Gasteiger charge is -2.18. The van der Waals surface area contributed by atoms with Crippen molar-refractivity contribution < 1.29 is 14.7 Å². The van der Waals surface area contributed by atoms with Crippen molar-refractivity contribution in [1.82, 2.24) is 0 Å². The summed E-state index contributed by atoms with van der Waals surface area (Å²) < 4.78 is 0. The topological polar surface area (TPSA) is 79.1 Å². The predicted molar refractivity (Wildman–Crippen MR) is 110 cm³/mol. The molecule has 0 radical (unpaired) electrons. The molecule has 1 aliphatic carbocycles. The van der Waals surface area contributed by atoms with Crippen molar-refractivity contribution in [2.45, 2.75) is 0 Å². The van der Waals surface area contributed by atoms with E-state index in [9.17, 15) is 14.7 Å². The van der Waals surface area contributed by atoms with Crippen molar-refractivity contribution in [1.29, 1.82) is 0 Å². The summed E-state index contributed by atoms with van der Waals surface area (Å²) in [6, 6.07) is 22.3. The van der Waals surface area contributed by atoms with E-state index in [1.165, 1.54) is 0 Å². The Bertz CT molecular complexity index is 1360. The van der Waals surface area contributed by atoms with E-state index < -0.39 is 0 Å². The molecule has 0 saturated carbocycles. The first-order chi connectivity index (χ1) is 14.1. The highest BCUT2D eigenvalue weighted by molar-refractivity contribution is 6.29. The molecule has 5 rings (SSSR count). The SMILES string of the molecule is O=C1c2ccccc2C(=O)c2c(N=Nc3ccc(O)c4ccccc34)cccc21. The van der Waals surface area contributed by atoms with E-state index in [0.29, 0.717) is 33.5 Å². The van der Waals surface area contributed by atoms with E-state index in [0.717, 1.165) is 5.39 Å². The fourth-order valence-electron chi connectivity index (χ4n) is 3.67. The number of phenols is 1. The number of hydrogen-bond acceptors (Lipinski definition) is 5. The maximum absolute atomic E-state index is 13.1. The number of aromatic hydroxyl groups is 1. The summed E-state index contributed by atoms with van der Waals surface area (Å²) in [5.74, 6) is -0.267. The van der Waals surface area contributed by atoms with Gasteiger partial charge in [-0.1, -0.05) is 60.7 Å². The molecule has 29 heavy (non-hydrogen) atoms. The van der Waals surface area contributed by atoms with Crippen LogP contribution in [0.25, 0.3) is 10.8 Å². The van der Waals surface area contributed by atoms with Crippen LogP contribution in [0, 0.1) is 0 Å². The summed E-state index contributed by atoms with van der Waals surface area (Å²) in [6.45, 7) is 0. The van der Waals surface area contributed by atoms with Crippen LogP contribution >= 0.6 is 0 Å². The lowest BCUT2D eigenvalue weighted by atomic mass is 9.83. The summed E-state index contributed by atoms with van der Waals surface area (Å²) in [4.78, 5) is 25.9. The molecule has 0 spiro atoms. The van der Waals surface area contributed by atoms with Crippen molar-refractivity contribution in [3.63, 3.8) is 0 Å². The number of azo groups is 1. The normalized spacial score (nSPS) is 13.0. The van der Waals surface area contributed by atoms with Crippen molar-refractivity contribution in [3.8, 4) is 5.75 Å². The molecule has 0 fully saturated rings. The van der Waals surface area contributed by atoms with E-state index in [-0.39, 0.29) is 22.9 Å². The zero-order valence-electron chi connectivity index (χ0n) is 15.2. The Morgan fingerprint density at radius 3 is 1.97 bits per heavy atom. The first kappa shape index (κ1) is 17.0. The fourth-order valence-corrected chi connectivity index (χ4v) is 3.67. The zero-order valence-corrected chi connectivity index (χ0v) is 15.2. The van der Waals surface area contributed by atoms with Crippen LogP contribution in [0.4, 0.5) is 11.4 Å². The molecule has 4 aromatic rings. The van der Waals surface area contributed by atoms with E-state index in [4.69, 9.17) is 0 Å². The predicted octanol–water partition coefficient (Wildman–Crippen LogP) is 5.74. The fraction of sp³-hybridized carbons (Fsp3) is 0. The third-order valence-electron chi connectivity index (χ3n) is 5.07. The van der Waals surface area contributed by atoms with Crippen LogP contribution in [0.3, 0.4) is 0 Å². The monoisotopic (exact) mass is 378 g/mol. The first-order valence-corrected chi connectivity index (χ1v) is 9.09. The van der Waals surface area contributed by atoms with Crippen LogP contribution in [-0.4, -0.2) is 16.7 Å². The lowest BCUT2D eigenvalue weighted by molar-refractivity contribution is 0.0979. The summed E-state index contributed by atoms with van der Waals surface area (Å²) in [7, 11) is 0. The quantitative estimate of drug-likeness (QED) is 0.398. The lowest BCUT2D eigenvalue weighted by Crippen LogP contribution is -2.20. The van der Waals surface area contributed by atoms with Gasteiger partial charge < -0.3 is 5.11 Å². The van der Waals surface area contributed by atoms with Gasteiger partial charge in [-0.25, -0.2) is 0 Å². The van der Waals surface area contributed by atoms with E-state index in [1.54, 1.807) is 60.7 Å². The van der Waals surface area contributed by atoms with Crippen molar-refractivity contribution in [3.05, 3.63) is 101 Å². The summed E-state index contributed by atoms with van der Waals surface area (Å²) in [5, 5.41) is 20.1. The van der Waals surface area contributed by atoms with Gasteiger partial charge in [0.25, 0.3) is 0 Å². The van der Waals surface area contributed by atoms with Crippen molar-refractivity contribution in [2.75, 3.05) is 0 Å². The Morgan fingerprint density at radius 2 is 1.17 bits per heavy atom. The molecule has 5 nitrogen and oxygen atoms in total. The summed E-state index contributed by atoms with van der Waals surface area (Å²) >= 11 is 0. The summed E-state index contributed by atoms with van der Waals surface area (Å²) in [5.41, 5.74) is 2.29. The Balaban J connectivity index is 1.64. The Morgan fingerprint density at radius 1 is 0.552 bits per heavy atom. The Hall–Kier alpha value is -4.12. The second-order valence-electron chi connectivity index (χ2n) is 6.75. The average Bonchev–Trinajstić information content (AvgIpc) is 2.77. The first-order valence-electron chi connectivity index (χ1n) is 9.09. The molecular formula is C24H14N2O3. The van der Waals surface area contributed by atoms with Gasteiger partial charge in [-0.15, -0.1) is 10.2 Å². The van der Waals surface area contributed by atoms with Crippen molar-refractivity contribution >= 4 is 33.7 Å². The standard InChI is InChI=1S/C24H14N2O3/c27-21-13-12-19(14-6-1-2-7-15(14)21)25-26-20-11-5-10-18-22(20)24(29)17-9-4-3-8-16(17)23(18)28/h1-13,27H. The van der Waals surface area contributed by atoms with Gasteiger partial charge >= 0.3 is 0 Å². The molecule has 4 aromatic carbocycles. The van der Waals surface area contributed by atoms with Crippen LogP contribution in [0.5, 0.6) is 5.75 Å². The zero-order chi connectivity index (χ0) is 20.0. The number of benzene rings is 4. The van der Waals surface area contributed by atoms with Gasteiger partial charge in [0.1, 0.15) is 5.75 Å². The minimum Gasteiger partial charge on any atom is -0.507 e. The van der Waals surface area contributed by atoms with E-state index in [1.807, 2.05) is 18.2 Å². The second kappa shape index (κ2) is 6.49. The third-order valence-corrected chi connectivity index (χ3v) is 5.07. The smallest absolute Gasteiger partial charge is 0.196 e. The van der Waals surface area contributed by atoms with Crippen LogP contribution < -0.4 is 0 Å². The van der Waals surface area contributed by atoms with Crippen LogP contribution in [0.15, 0.2) is 89.1 Å². The third kappa shape index (κ3) is 2.63. The Labute approximate surface area is 166 Å². The molecule has 0 atom stereocenters. The van der Waals surface area contributed by atoms with Crippen molar-refractivity contribution in [2.24, 2.45) is 10.2 Å². The molecule has 0 bridgehead atoms. The molecular weight excluding hydrogens is 364 g/mol. The largest absolute Gasteiger partial charge is 0.507 e. The molecule has 0 amide bonds. The van der Waals surface area contributed by atoms with Gasteiger partial charge in [0.2, 0.25) is 0 Å². The highest BCUT2D eigenvalue weighted by Gasteiger charge is 2.31. The van der Waals surface area contributed by atoms with Gasteiger partial charge in [0.15, 0.2) is 11.6 Å². The minimum atomic E-state index is -0.236. The highest BCUT2D eigenvalue weighted by atomic mass is 16.3. The average molecular weight is 378 g/mol. The maximum Gasteiger partial charge on any atom is 0.196 e. The molecule has 0 aromatic heterocycles. The molecule has 0 unspecified atom stereocenters. The molecule has 5 heteroatoms. The molecule has 1 aliphatic rings. The van der Waals surface area contributed by atoms with E-state index >= 15 is 0 Å². The van der Waals surface area contributed by atoms with Gasteiger partial charge in [0, 0.05) is 27.5 Å². The summed E-state index contributed by atoms with van der Waals surface area (Å²) in [6.07, 6.45) is 0. The second-order valence-corrected chi connectivity index (χ2v) is 6.75. The number of fused-ring (bicyclic) bond motifs is 3. The number of carbonyl (C=O) groups excluding carboxylic acids is 2. The van der Waals surface area contributed by atoms with Gasteiger partial charge in [-0.2, -0.15) is 0 Å². The molecule has 138 valence electrons. The van der Waals surface area contributed by atoms with Gasteiger partial charge in [-0.05, 0) is 18.2 Å². The number of nitrogens with zero attached hydrogens (tertiary/aromatic N) is 2. The Kier molecular flexibility index (Phi) is 3.81. The van der Waals surface area contributed by atoms with Crippen LogP contribution in [0.1, 0.15) is 31.8 Å². The maximum atomic E-state index is 13.1. The molecule has 1 N–H and O–H groups in total. The number of ketones is 2. The van der Waals surface area contributed by atoms with Crippen LogP contribution in [-0.2, 0) is 0 Å². The van der Waals surface area contributed by atoms with Crippen LogP contribution in [0.2, 0.25) is 0 Å². The molecule has 0 aliphatic heterocycles. The van der Waals surface area contributed by atoms with Gasteiger partial charge in [-0.3, -0.25) is 9.59 Å². The number of rotatable bonds is 2. The number of hydrogen-bond donors (Lipinski definition) is 1. The molecule has 0 heterocycles. The minimum absolute atomic E-state index is 0.161. The number of phenolic OH excluding ortho intramolecular Hbond substituents is 1. The molecule has 0 saturated heterocycles. The highest BCUT2D eigenvalue weighted by Crippen LogP contribution is 2.36. The number of carbonyl (C=O) groups is 2.